The van der Waals surface area contributed by atoms with E-state index in [1.807, 2.05) is 328 Å². The van der Waals surface area contributed by atoms with Crippen LogP contribution in [-0.2, 0) is 0 Å². The highest BCUT2D eigenvalue weighted by Crippen LogP contribution is 2.28. The molecule has 0 aliphatic rings. The zero-order valence-corrected chi connectivity index (χ0v) is 57.6. The second-order valence-electron chi connectivity index (χ2n) is 23.0. The maximum atomic E-state index is 6.16. The van der Waals surface area contributed by atoms with Crippen molar-refractivity contribution in [2.45, 2.75) is 0 Å². The number of hydrogen-bond acceptors (Lipinski definition) is 18. The Morgan fingerprint density at radius 3 is 0.353 bits per heavy atom. The molecular weight excluding hydrogens is 1320 g/mol. The standard InChI is InChI=1S/9C9H7NO.3Al/c9*11-9-6-5-7-3-1-2-4-8(7)10-9;;;/h9*1-6H,(H,10,11);;;/q;;;;;;;;;3*+3/p-9. The van der Waals surface area contributed by atoms with Crippen LogP contribution in [0.2, 0.25) is 0 Å². The Bertz CT molecular complexity index is 4880. The number of benzene rings is 9. The van der Waals surface area contributed by atoms with E-state index < -0.39 is 45.4 Å². The van der Waals surface area contributed by atoms with E-state index in [1.54, 1.807) is 0 Å². The predicted octanol–water partition coefficient (Wildman–Crippen LogP) is 17.6. The summed E-state index contributed by atoms with van der Waals surface area (Å²) in [7, 11) is 0. The molecule has 9 heterocycles. The van der Waals surface area contributed by atoms with Crippen LogP contribution in [0.15, 0.2) is 328 Å². The van der Waals surface area contributed by atoms with Gasteiger partial charge in [-0.05, 0) is 164 Å². The lowest BCUT2D eigenvalue weighted by molar-refractivity contribution is 0.293. The van der Waals surface area contributed by atoms with E-state index in [4.69, 9.17) is 34.1 Å². The summed E-state index contributed by atoms with van der Waals surface area (Å²) in [6.07, 6.45) is 0. The first-order chi connectivity index (χ1) is 50.4. The summed E-state index contributed by atoms with van der Waals surface area (Å²) in [5.74, 6) is 3.85. The Kier molecular flexibility index (Phi) is 19.1. The molecule has 18 rings (SSSR count). The highest BCUT2D eigenvalue weighted by atomic mass is 27.3. The number of fused-ring (bicyclic) bond motifs is 9. The SMILES string of the molecule is c1ccc2nc([O][Al]([O]c3ccc4ccccc4n3)[O]c3ccc4ccccc4n3)ccc2c1.c1ccc2nc([O][Al]([O]c3ccc4ccccc4n3)[O]c3ccc4ccccc4n3)ccc2c1.c1ccc2nc([O][Al]([O]c3ccc4ccccc4n3)[O]c3ccc4ccccc4n3)ccc2c1. The first-order valence-electron chi connectivity index (χ1n) is 32.6. The van der Waals surface area contributed by atoms with Crippen LogP contribution in [-0.4, -0.2) is 90.3 Å². The highest BCUT2D eigenvalue weighted by Gasteiger charge is 2.48. The van der Waals surface area contributed by atoms with Gasteiger partial charge in [0.05, 0.1) is 49.7 Å². The summed E-state index contributed by atoms with van der Waals surface area (Å²) in [4.78, 5) is 41.5. The molecule has 9 aromatic carbocycles. The molecule has 18 nitrogen and oxygen atoms in total. The van der Waals surface area contributed by atoms with Crippen LogP contribution in [0.4, 0.5) is 0 Å². The molecule has 0 atom stereocenters. The molecule has 9 aromatic heterocycles. The molecule has 102 heavy (non-hydrogen) atoms. The van der Waals surface area contributed by atoms with E-state index >= 15 is 0 Å². The van der Waals surface area contributed by atoms with E-state index in [1.165, 1.54) is 0 Å². The minimum absolute atomic E-state index is 0.428. The number of nitrogens with zero attached hydrogens (tertiary/aromatic N) is 9. The first-order valence-corrected chi connectivity index (χ1v) is 36.9. The van der Waals surface area contributed by atoms with Gasteiger partial charge in [-0.25, -0.2) is 44.9 Å². The second-order valence-corrected chi connectivity index (χ2v) is 26.9. The fourth-order valence-corrected chi connectivity index (χ4v) is 14.5. The van der Waals surface area contributed by atoms with Crippen molar-refractivity contribution in [3.05, 3.63) is 328 Å². The second kappa shape index (κ2) is 30.3. The van der Waals surface area contributed by atoms with Gasteiger partial charge in [-0.2, -0.15) is 0 Å². The maximum absolute atomic E-state index is 6.16. The zero-order valence-electron chi connectivity index (χ0n) is 54.1. The van der Waals surface area contributed by atoms with E-state index in [2.05, 4.69) is 44.9 Å². The molecule has 0 aliphatic heterocycles. The van der Waals surface area contributed by atoms with Crippen LogP contribution in [0, 0.1) is 0 Å². The predicted molar refractivity (Wildman–Crippen MR) is 399 cm³/mol. The third-order valence-corrected chi connectivity index (χ3v) is 20.0. The molecule has 0 radical (unpaired) electrons. The number of aromatic nitrogens is 9. The minimum Gasteiger partial charge on any atom is -0.563 e. The van der Waals surface area contributed by atoms with Crippen molar-refractivity contribution >= 4 is 144 Å². The largest absolute Gasteiger partial charge is 1.20 e. The van der Waals surface area contributed by atoms with Crippen LogP contribution in [0.5, 0.6) is 52.9 Å². The molecule has 0 amide bonds. The summed E-state index contributed by atoms with van der Waals surface area (Å²) in [6.45, 7) is 0. The van der Waals surface area contributed by atoms with Gasteiger partial charge in [-0.1, -0.05) is 164 Å². The van der Waals surface area contributed by atoms with E-state index in [9.17, 15) is 0 Å². The van der Waals surface area contributed by atoms with Crippen molar-refractivity contribution in [1.82, 2.24) is 44.9 Å². The minimum atomic E-state index is -2.84. The van der Waals surface area contributed by atoms with Crippen LogP contribution in [0.25, 0.3) is 98.1 Å². The number of pyridine rings is 9. The summed E-state index contributed by atoms with van der Waals surface area (Å²) in [5, 5.41) is 9.27. The zero-order chi connectivity index (χ0) is 68.2. The molecule has 21 heteroatoms. The van der Waals surface area contributed by atoms with Crippen LogP contribution >= 0.6 is 0 Å². The average molecular weight is 1380 g/mol. The van der Waals surface area contributed by atoms with E-state index in [0.717, 1.165) is 98.1 Å². The average Bonchev–Trinajstić information content (AvgIpc) is 0.839. The van der Waals surface area contributed by atoms with E-state index in [-0.39, 0.29) is 0 Å². The molecule has 0 bridgehead atoms. The van der Waals surface area contributed by atoms with Gasteiger partial charge in [0.1, 0.15) is 0 Å². The lowest BCUT2D eigenvalue weighted by atomic mass is 10.2. The van der Waals surface area contributed by atoms with Crippen molar-refractivity contribution in [3.63, 3.8) is 0 Å². The fourth-order valence-electron chi connectivity index (χ4n) is 11.1. The summed E-state index contributed by atoms with van der Waals surface area (Å²) >= 11 is -8.53. The molecule has 0 aliphatic carbocycles. The van der Waals surface area contributed by atoms with Gasteiger partial charge in [-0.15, -0.1) is 0 Å². The Balaban J connectivity index is 0.000000118. The van der Waals surface area contributed by atoms with Gasteiger partial charge in [0.2, 0.25) is 0 Å². The van der Waals surface area contributed by atoms with Crippen molar-refractivity contribution in [2.24, 2.45) is 0 Å². The smallest absolute Gasteiger partial charge is 0.563 e. The van der Waals surface area contributed by atoms with Crippen LogP contribution in [0.3, 0.4) is 0 Å². The van der Waals surface area contributed by atoms with Crippen LogP contribution in [0.1, 0.15) is 0 Å². The van der Waals surface area contributed by atoms with Gasteiger partial charge in [-0.3, -0.25) is 0 Å². The Hall–Kier alpha value is -12.5. The van der Waals surface area contributed by atoms with Crippen molar-refractivity contribution in [1.29, 1.82) is 0 Å². The molecule has 0 unspecified atom stereocenters. The molecule has 18 aromatic rings. The highest BCUT2D eigenvalue weighted by molar-refractivity contribution is 6.40. The van der Waals surface area contributed by atoms with Gasteiger partial charge in [0.15, 0.2) is 52.9 Å². The Labute approximate surface area is 598 Å². The van der Waals surface area contributed by atoms with E-state index in [0.29, 0.717) is 52.9 Å². The molecular formula is C81H54Al3N9O9. The summed E-state index contributed by atoms with van der Waals surface area (Å²) in [5.41, 5.74) is 7.50. The fraction of sp³-hybridized carbons (Fsp3) is 0. The van der Waals surface area contributed by atoms with Gasteiger partial charge in [0, 0.05) is 48.5 Å². The van der Waals surface area contributed by atoms with Crippen molar-refractivity contribution in [2.75, 3.05) is 0 Å². The number of hydrogen-bond donors (Lipinski definition) is 0. The Morgan fingerprint density at radius 1 is 0.127 bits per heavy atom. The molecule has 0 N–H and O–H groups in total. The number of para-hydroxylation sites is 9. The van der Waals surface area contributed by atoms with Gasteiger partial charge in [0.25, 0.3) is 0 Å². The summed E-state index contributed by atoms with van der Waals surface area (Å²) < 4.78 is 55.4. The Morgan fingerprint density at radius 2 is 0.235 bits per heavy atom. The third kappa shape index (κ3) is 15.8. The molecule has 486 valence electrons. The molecule has 0 fully saturated rings. The van der Waals surface area contributed by atoms with Crippen LogP contribution < -0.4 is 34.1 Å². The lowest BCUT2D eigenvalue weighted by Gasteiger charge is -2.15. The normalized spacial score (nSPS) is 10.9. The maximum Gasteiger partial charge on any atom is 1.20 e. The monoisotopic (exact) mass is 1380 g/mol. The van der Waals surface area contributed by atoms with Gasteiger partial charge < -0.3 is 34.1 Å². The quantitative estimate of drug-likeness (QED) is 0.0734. The topological polar surface area (TPSA) is 199 Å². The lowest BCUT2D eigenvalue weighted by Crippen LogP contribution is -2.37. The number of rotatable bonds is 18. The third-order valence-electron chi connectivity index (χ3n) is 16.1. The van der Waals surface area contributed by atoms with Crippen molar-refractivity contribution < 1.29 is 34.1 Å². The summed E-state index contributed by atoms with van der Waals surface area (Å²) in [6, 6.07) is 105. The van der Waals surface area contributed by atoms with Gasteiger partial charge >= 0.3 is 45.4 Å². The van der Waals surface area contributed by atoms with Crippen molar-refractivity contribution in [3.8, 4) is 52.9 Å². The molecule has 0 spiro atoms. The molecule has 0 saturated carbocycles. The molecule has 0 saturated heterocycles. The first kappa shape index (κ1) is 64.2.